The van der Waals surface area contributed by atoms with Gasteiger partial charge in [0.15, 0.2) is 6.61 Å². The van der Waals surface area contributed by atoms with Gasteiger partial charge in [0.25, 0.3) is 0 Å². The Hall–Kier alpha value is -3.03. The number of benzene rings is 2. The van der Waals surface area contributed by atoms with Gasteiger partial charge in [-0.3, -0.25) is 4.79 Å². The Morgan fingerprint density at radius 2 is 1.85 bits per heavy atom. The molecule has 0 aliphatic carbocycles. The molecule has 8 heteroatoms. The van der Waals surface area contributed by atoms with Gasteiger partial charge in [0, 0.05) is 6.42 Å². The molecule has 0 saturated carbocycles. The van der Waals surface area contributed by atoms with Crippen LogP contribution < -0.4 is 10.1 Å². The molecule has 1 amide bonds. The number of rotatable bonds is 7. The van der Waals surface area contributed by atoms with E-state index in [1.165, 1.54) is 18.2 Å². The number of aromatic carboxylic acids is 1. The number of aryl methyl sites for hydroxylation is 2. The Morgan fingerprint density at radius 1 is 1.15 bits per heavy atom. The minimum atomic E-state index is -4.49. The van der Waals surface area contributed by atoms with Crippen molar-refractivity contribution in [2.45, 2.75) is 25.9 Å². The number of hydrogen-bond donors (Lipinski definition) is 2. The summed E-state index contributed by atoms with van der Waals surface area (Å²) in [5.74, 6) is -1.63. The normalized spacial score (nSPS) is 11.1. The molecule has 5 nitrogen and oxygen atoms in total. The van der Waals surface area contributed by atoms with Crippen LogP contribution in [-0.2, 0) is 11.2 Å². The van der Waals surface area contributed by atoms with Gasteiger partial charge in [-0.1, -0.05) is 24.3 Å². The lowest BCUT2D eigenvalue weighted by molar-refractivity contribution is -0.153. The molecule has 2 aromatic rings. The van der Waals surface area contributed by atoms with Crippen molar-refractivity contribution in [3.63, 3.8) is 0 Å². The predicted octanol–water partition coefficient (Wildman–Crippen LogP) is 4.21. The first-order valence-electron chi connectivity index (χ1n) is 8.07. The van der Waals surface area contributed by atoms with Crippen LogP contribution in [0.1, 0.15) is 27.9 Å². The number of halogens is 3. The summed E-state index contributed by atoms with van der Waals surface area (Å²) in [6.45, 7) is 0.222. The van der Waals surface area contributed by atoms with Gasteiger partial charge < -0.3 is 15.2 Å². The second-order valence-electron chi connectivity index (χ2n) is 5.91. The van der Waals surface area contributed by atoms with Gasteiger partial charge >= 0.3 is 12.1 Å². The summed E-state index contributed by atoms with van der Waals surface area (Å²) in [5, 5.41) is 11.7. The lowest BCUT2D eigenvalue weighted by Crippen LogP contribution is -2.20. The van der Waals surface area contributed by atoms with Gasteiger partial charge in [-0.05, 0) is 42.7 Å². The second-order valence-corrected chi connectivity index (χ2v) is 5.91. The van der Waals surface area contributed by atoms with E-state index in [9.17, 15) is 22.8 Å². The number of anilines is 1. The van der Waals surface area contributed by atoms with E-state index in [0.717, 1.165) is 0 Å². The molecule has 144 valence electrons. The van der Waals surface area contributed by atoms with Crippen molar-refractivity contribution in [2.24, 2.45) is 0 Å². The van der Waals surface area contributed by atoms with Crippen molar-refractivity contribution in [2.75, 3.05) is 11.9 Å². The summed E-state index contributed by atoms with van der Waals surface area (Å²) in [6.07, 6.45) is -4.35. The van der Waals surface area contributed by atoms with E-state index in [1.807, 2.05) is 0 Å². The zero-order valence-corrected chi connectivity index (χ0v) is 14.5. The smallest absolute Gasteiger partial charge is 0.422 e. The standard InChI is InChI=1S/C19H18F3NO4/c1-12-6-8-15(16(10-12)27-11-19(20,21)22)23-17(24)9-7-13-4-2-3-5-14(13)18(25)26/h2-6,8,10H,7,9,11H2,1H3,(H,23,24)(H,25,26). The molecule has 0 unspecified atom stereocenters. The summed E-state index contributed by atoms with van der Waals surface area (Å²) in [6, 6.07) is 10.8. The zero-order chi connectivity index (χ0) is 20.0. The number of amides is 1. The van der Waals surface area contributed by atoms with Gasteiger partial charge in [-0.15, -0.1) is 0 Å². The molecule has 0 aromatic heterocycles. The second kappa shape index (κ2) is 8.57. The summed E-state index contributed by atoms with van der Waals surface area (Å²) in [7, 11) is 0. The highest BCUT2D eigenvalue weighted by Crippen LogP contribution is 2.28. The maximum atomic E-state index is 12.4. The first kappa shape index (κ1) is 20.3. The van der Waals surface area contributed by atoms with E-state index in [2.05, 4.69) is 5.32 Å². The van der Waals surface area contributed by atoms with E-state index in [4.69, 9.17) is 9.84 Å². The molecule has 0 heterocycles. The molecule has 2 N–H and O–H groups in total. The Balaban J connectivity index is 2.04. The van der Waals surface area contributed by atoms with Crippen LogP contribution in [0.15, 0.2) is 42.5 Å². The quantitative estimate of drug-likeness (QED) is 0.754. The Kier molecular flexibility index (Phi) is 6.44. The molecule has 0 aliphatic rings. The SMILES string of the molecule is Cc1ccc(NC(=O)CCc2ccccc2C(=O)O)c(OCC(F)(F)F)c1. The van der Waals surface area contributed by atoms with Crippen LogP contribution in [0.5, 0.6) is 5.75 Å². The molecular weight excluding hydrogens is 363 g/mol. The molecule has 0 bridgehead atoms. The molecule has 27 heavy (non-hydrogen) atoms. The molecule has 0 fully saturated rings. The summed E-state index contributed by atoms with van der Waals surface area (Å²) in [5.41, 5.74) is 1.41. The van der Waals surface area contributed by atoms with Gasteiger partial charge in [-0.2, -0.15) is 13.2 Å². The number of carboxylic acids is 1. The number of nitrogens with one attached hydrogen (secondary N) is 1. The third-order valence-electron chi connectivity index (χ3n) is 3.67. The number of carboxylic acid groups (broad SMARTS) is 1. The van der Waals surface area contributed by atoms with Crippen molar-refractivity contribution >= 4 is 17.6 Å². The van der Waals surface area contributed by atoms with E-state index in [1.54, 1.807) is 31.2 Å². The van der Waals surface area contributed by atoms with Crippen LogP contribution in [0.4, 0.5) is 18.9 Å². The predicted molar refractivity (Wildman–Crippen MR) is 93.1 cm³/mol. The summed E-state index contributed by atoms with van der Waals surface area (Å²) < 4.78 is 41.9. The minimum Gasteiger partial charge on any atom is -0.482 e. The van der Waals surface area contributed by atoms with E-state index in [0.29, 0.717) is 11.1 Å². The molecule has 0 aliphatic heterocycles. The lowest BCUT2D eigenvalue weighted by Gasteiger charge is -2.15. The molecular formula is C19H18F3NO4. The van der Waals surface area contributed by atoms with Crippen LogP contribution in [0.25, 0.3) is 0 Å². The molecule has 0 atom stereocenters. The fourth-order valence-electron chi connectivity index (χ4n) is 2.42. The fraction of sp³-hybridized carbons (Fsp3) is 0.263. The largest absolute Gasteiger partial charge is 0.482 e. The van der Waals surface area contributed by atoms with Crippen molar-refractivity contribution in [3.8, 4) is 5.75 Å². The first-order chi connectivity index (χ1) is 12.7. The third kappa shape index (κ3) is 6.32. The molecule has 0 saturated heterocycles. The van der Waals surface area contributed by atoms with Crippen molar-refractivity contribution in [1.82, 2.24) is 0 Å². The Labute approximate surface area is 153 Å². The third-order valence-corrected chi connectivity index (χ3v) is 3.67. The van der Waals surface area contributed by atoms with Crippen molar-refractivity contribution in [3.05, 3.63) is 59.2 Å². The first-order valence-corrected chi connectivity index (χ1v) is 8.07. The average molecular weight is 381 g/mol. The van der Waals surface area contributed by atoms with Crippen LogP contribution in [0.2, 0.25) is 0 Å². The van der Waals surface area contributed by atoms with Gasteiger partial charge in [-0.25, -0.2) is 4.79 Å². The zero-order valence-electron chi connectivity index (χ0n) is 14.5. The molecule has 2 rings (SSSR count). The minimum absolute atomic E-state index is 0.0309. The number of ether oxygens (including phenoxy) is 1. The van der Waals surface area contributed by atoms with E-state index >= 15 is 0 Å². The molecule has 2 aromatic carbocycles. The van der Waals surface area contributed by atoms with Crippen LogP contribution in [0.3, 0.4) is 0 Å². The summed E-state index contributed by atoms with van der Waals surface area (Å²) >= 11 is 0. The highest BCUT2D eigenvalue weighted by Gasteiger charge is 2.29. The topological polar surface area (TPSA) is 75.6 Å². The Bertz CT molecular complexity index is 834. The van der Waals surface area contributed by atoms with Crippen molar-refractivity contribution < 1.29 is 32.6 Å². The molecule has 0 radical (unpaired) electrons. The number of carbonyl (C=O) groups is 2. The van der Waals surface area contributed by atoms with Crippen molar-refractivity contribution in [1.29, 1.82) is 0 Å². The lowest BCUT2D eigenvalue weighted by atomic mass is 10.0. The van der Waals surface area contributed by atoms with Crippen LogP contribution >= 0.6 is 0 Å². The Morgan fingerprint density at radius 3 is 2.52 bits per heavy atom. The monoisotopic (exact) mass is 381 g/mol. The van der Waals surface area contributed by atoms with Crippen LogP contribution in [-0.4, -0.2) is 29.8 Å². The number of alkyl halides is 3. The highest BCUT2D eigenvalue weighted by atomic mass is 19.4. The van der Waals surface area contributed by atoms with Gasteiger partial charge in [0.2, 0.25) is 5.91 Å². The van der Waals surface area contributed by atoms with E-state index < -0.39 is 24.7 Å². The fourth-order valence-corrected chi connectivity index (χ4v) is 2.42. The summed E-state index contributed by atoms with van der Waals surface area (Å²) in [4.78, 5) is 23.3. The maximum Gasteiger partial charge on any atom is 0.422 e. The van der Waals surface area contributed by atoms with Gasteiger partial charge in [0.1, 0.15) is 5.75 Å². The maximum absolute atomic E-state index is 12.4. The van der Waals surface area contributed by atoms with Gasteiger partial charge in [0.05, 0.1) is 11.3 Å². The number of carbonyl (C=O) groups excluding carboxylic acids is 1. The van der Waals surface area contributed by atoms with Crippen LogP contribution in [0, 0.1) is 6.92 Å². The highest BCUT2D eigenvalue weighted by molar-refractivity contribution is 5.93. The van der Waals surface area contributed by atoms with E-state index in [-0.39, 0.29) is 29.8 Å². The molecule has 0 spiro atoms. The average Bonchev–Trinajstić information content (AvgIpc) is 2.59. The number of hydrogen-bond acceptors (Lipinski definition) is 3.